The van der Waals surface area contributed by atoms with Crippen molar-refractivity contribution < 1.29 is 29.0 Å². The van der Waals surface area contributed by atoms with Gasteiger partial charge in [0.05, 0.1) is 0 Å². The predicted molar refractivity (Wildman–Crippen MR) is 47.4 cm³/mol. The maximum Gasteiger partial charge on any atom is 0.351 e. The van der Waals surface area contributed by atoms with Crippen LogP contribution in [0.5, 0.6) is 0 Å². The van der Waals surface area contributed by atoms with E-state index in [4.69, 9.17) is 10.8 Å². The molecule has 0 aromatic heterocycles. The van der Waals surface area contributed by atoms with E-state index in [1.54, 1.807) is 0 Å². The Morgan fingerprint density at radius 2 is 2.00 bits per heavy atom. The largest absolute Gasteiger partial charge is 0.452 e. The zero-order valence-corrected chi connectivity index (χ0v) is 8.26. The van der Waals surface area contributed by atoms with E-state index in [0.717, 1.165) is 6.92 Å². The number of aliphatic hydroxyl groups is 1. The van der Waals surface area contributed by atoms with Crippen LogP contribution in [0.2, 0.25) is 0 Å². The van der Waals surface area contributed by atoms with Gasteiger partial charge < -0.3 is 20.3 Å². The highest BCUT2D eigenvalue weighted by Crippen LogP contribution is 1.92. The fourth-order valence-corrected chi connectivity index (χ4v) is 0.684. The molecule has 7 nitrogen and oxygen atoms in total. The van der Waals surface area contributed by atoms with Gasteiger partial charge in [-0.3, -0.25) is 9.59 Å². The molecule has 0 saturated heterocycles. The molecule has 1 atom stereocenters. The summed E-state index contributed by atoms with van der Waals surface area (Å²) in [6, 6.07) is -0.986. The SMILES string of the molecule is CC(=O)OC(=O)COC(=O)[C@@H](N)CCO. The second-order valence-electron chi connectivity index (χ2n) is 2.69. The van der Waals surface area contributed by atoms with Crippen molar-refractivity contribution in [2.75, 3.05) is 13.2 Å². The fourth-order valence-electron chi connectivity index (χ4n) is 0.684. The summed E-state index contributed by atoms with van der Waals surface area (Å²) in [4.78, 5) is 32.0. The van der Waals surface area contributed by atoms with Gasteiger partial charge in [0.1, 0.15) is 6.04 Å². The standard InChI is InChI=1S/C8H13NO6/c1-5(11)15-7(12)4-14-8(13)6(9)2-3-10/h6,10H,2-4,9H2,1H3/t6-/m0/s1. The molecular formula is C8H13NO6. The maximum atomic E-state index is 11.0. The summed E-state index contributed by atoms with van der Waals surface area (Å²) in [5.74, 6) is -2.58. The Bertz CT molecular complexity index is 252. The second kappa shape index (κ2) is 6.91. The van der Waals surface area contributed by atoms with Crippen LogP contribution < -0.4 is 5.73 Å². The molecule has 86 valence electrons. The molecule has 0 aliphatic heterocycles. The fraction of sp³-hybridized carbons (Fsp3) is 0.625. The molecule has 0 saturated carbocycles. The summed E-state index contributed by atoms with van der Waals surface area (Å²) >= 11 is 0. The van der Waals surface area contributed by atoms with Gasteiger partial charge in [-0.25, -0.2) is 4.79 Å². The Labute approximate surface area is 86.1 Å². The molecule has 0 unspecified atom stereocenters. The number of nitrogens with two attached hydrogens (primary N) is 1. The summed E-state index contributed by atoms with van der Waals surface area (Å²) in [5.41, 5.74) is 5.26. The molecular weight excluding hydrogens is 206 g/mol. The lowest BCUT2D eigenvalue weighted by atomic mass is 10.2. The third kappa shape index (κ3) is 6.58. The van der Waals surface area contributed by atoms with Crippen LogP contribution in [-0.4, -0.2) is 42.3 Å². The van der Waals surface area contributed by atoms with E-state index in [0.29, 0.717) is 0 Å². The lowest BCUT2D eigenvalue weighted by Crippen LogP contribution is -2.34. The van der Waals surface area contributed by atoms with Crippen LogP contribution in [0, 0.1) is 0 Å². The van der Waals surface area contributed by atoms with E-state index in [9.17, 15) is 14.4 Å². The highest BCUT2D eigenvalue weighted by Gasteiger charge is 2.16. The number of esters is 3. The van der Waals surface area contributed by atoms with E-state index in [2.05, 4.69) is 9.47 Å². The summed E-state index contributed by atoms with van der Waals surface area (Å²) in [6.07, 6.45) is 0.0423. The summed E-state index contributed by atoms with van der Waals surface area (Å²) in [5, 5.41) is 8.46. The first kappa shape index (κ1) is 13.5. The first-order chi connectivity index (χ1) is 6.97. The minimum Gasteiger partial charge on any atom is -0.452 e. The average Bonchev–Trinajstić information content (AvgIpc) is 2.13. The Morgan fingerprint density at radius 3 is 2.47 bits per heavy atom. The number of hydrogen-bond acceptors (Lipinski definition) is 7. The first-order valence-electron chi connectivity index (χ1n) is 4.21. The van der Waals surface area contributed by atoms with Gasteiger partial charge >= 0.3 is 17.9 Å². The molecule has 0 aromatic carbocycles. The van der Waals surface area contributed by atoms with Gasteiger partial charge in [-0.05, 0) is 6.42 Å². The van der Waals surface area contributed by atoms with Crippen molar-refractivity contribution in [1.82, 2.24) is 0 Å². The monoisotopic (exact) mass is 219 g/mol. The second-order valence-corrected chi connectivity index (χ2v) is 2.69. The van der Waals surface area contributed by atoms with Gasteiger partial charge in [0, 0.05) is 13.5 Å². The molecule has 0 fully saturated rings. The molecule has 0 aliphatic carbocycles. The van der Waals surface area contributed by atoms with Gasteiger partial charge in [0.25, 0.3) is 0 Å². The summed E-state index contributed by atoms with van der Waals surface area (Å²) in [7, 11) is 0. The molecule has 0 amide bonds. The van der Waals surface area contributed by atoms with E-state index in [1.165, 1.54) is 0 Å². The topological polar surface area (TPSA) is 116 Å². The van der Waals surface area contributed by atoms with Crippen molar-refractivity contribution in [2.24, 2.45) is 5.73 Å². The molecule has 0 bridgehead atoms. The molecule has 3 N–H and O–H groups in total. The lowest BCUT2D eigenvalue weighted by molar-refractivity contribution is -0.166. The van der Waals surface area contributed by atoms with Crippen molar-refractivity contribution in [3.8, 4) is 0 Å². The van der Waals surface area contributed by atoms with Crippen molar-refractivity contribution >= 4 is 17.9 Å². The third-order valence-electron chi connectivity index (χ3n) is 1.33. The molecule has 0 heterocycles. The van der Waals surface area contributed by atoms with E-state index < -0.39 is 30.6 Å². The van der Waals surface area contributed by atoms with Crippen molar-refractivity contribution in [3.05, 3.63) is 0 Å². The molecule has 0 radical (unpaired) electrons. The summed E-state index contributed by atoms with van der Waals surface area (Å²) < 4.78 is 8.51. The minimum atomic E-state index is -0.986. The highest BCUT2D eigenvalue weighted by atomic mass is 16.6. The van der Waals surface area contributed by atoms with Crippen LogP contribution in [0.4, 0.5) is 0 Å². The van der Waals surface area contributed by atoms with Gasteiger partial charge in [-0.1, -0.05) is 0 Å². The lowest BCUT2D eigenvalue weighted by Gasteiger charge is -2.08. The van der Waals surface area contributed by atoms with E-state index in [-0.39, 0.29) is 13.0 Å². The number of carbonyl (C=O) groups is 3. The molecule has 0 aromatic rings. The van der Waals surface area contributed by atoms with Gasteiger partial charge in [-0.15, -0.1) is 0 Å². The zero-order chi connectivity index (χ0) is 11.8. The quantitative estimate of drug-likeness (QED) is 0.419. The Kier molecular flexibility index (Phi) is 6.23. The van der Waals surface area contributed by atoms with Crippen LogP contribution in [0.15, 0.2) is 0 Å². The summed E-state index contributed by atoms with van der Waals surface area (Å²) in [6.45, 7) is 0.128. The van der Waals surface area contributed by atoms with Crippen LogP contribution >= 0.6 is 0 Å². The van der Waals surface area contributed by atoms with Crippen LogP contribution in [-0.2, 0) is 23.9 Å². The minimum absolute atomic E-state index is 0.0423. The molecule has 0 aliphatic rings. The highest BCUT2D eigenvalue weighted by molar-refractivity contribution is 5.86. The number of carbonyl (C=O) groups excluding carboxylic acids is 3. The van der Waals surface area contributed by atoms with Crippen molar-refractivity contribution in [3.63, 3.8) is 0 Å². The molecule has 15 heavy (non-hydrogen) atoms. The van der Waals surface area contributed by atoms with Crippen LogP contribution in [0.3, 0.4) is 0 Å². The Morgan fingerprint density at radius 1 is 1.40 bits per heavy atom. The van der Waals surface area contributed by atoms with Gasteiger partial charge in [0.2, 0.25) is 0 Å². The number of aliphatic hydroxyl groups excluding tert-OH is 1. The molecule has 0 rings (SSSR count). The van der Waals surface area contributed by atoms with E-state index >= 15 is 0 Å². The van der Waals surface area contributed by atoms with Crippen LogP contribution in [0.25, 0.3) is 0 Å². The van der Waals surface area contributed by atoms with Crippen molar-refractivity contribution in [1.29, 1.82) is 0 Å². The number of hydrogen-bond donors (Lipinski definition) is 2. The normalized spacial score (nSPS) is 11.7. The number of ether oxygens (including phenoxy) is 2. The Balaban J connectivity index is 3.80. The molecule has 0 spiro atoms. The van der Waals surface area contributed by atoms with Gasteiger partial charge in [-0.2, -0.15) is 0 Å². The predicted octanol–water partition coefficient (Wildman–Crippen LogP) is -1.67. The van der Waals surface area contributed by atoms with Gasteiger partial charge in [0.15, 0.2) is 6.61 Å². The van der Waals surface area contributed by atoms with Crippen LogP contribution in [0.1, 0.15) is 13.3 Å². The van der Waals surface area contributed by atoms with E-state index in [1.807, 2.05) is 0 Å². The maximum absolute atomic E-state index is 11.0. The third-order valence-corrected chi connectivity index (χ3v) is 1.33. The molecule has 7 heteroatoms. The first-order valence-corrected chi connectivity index (χ1v) is 4.21. The smallest absolute Gasteiger partial charge is 0.351 e. The Hall–Kier alpha value is -1.47. The average molecular weight is 219 g/mol. The van der Waals surface area contributed by atoms with Crippen molar-refractivity contribution in [2.45, 2.75) is 19.4 Å². The zero-order valence-electron chi connectivity index (χ0n) is 8.26. The number of rotatable bonds is 5.